The SMILES string of the molecule is Cc1cc(C(=O)NCCS(N)(=O)=O)cc(NN)n1. The van der Waals surface area contributed by atoms with Crippen LogP contribution in [0, 0.1) is 6.92 Å². The number of rotatable bonds is 5. The Hall–Kier alpha value is -1.71. The molecule has 0 bridgehead atoms. The number of nitrogens with one attached hydrogen (secondary N) is 2. The highest BCUT2D eigenvalue weighted by Gasteiger charge is 2.09. The molecular weight excluding hydrogens is 258 g/mol. The third-order valence-corrected chi connectivity index (χ3v) is 2.81. The number of nitrogens with two attached hydrogens (primary N) is 2. The molecule has 0 aliphatic carbocycles. The quantitative estimate of drug-likeness (QED) is 0.388. The highest BCUT2D eigenvalue weighted by molar-refractivity contribution is 7.89. The van der Waals surface area contributed by atoms with Crippen molar-refractivity contribution < 1.29 is 13.2 Å². The highest BCUT2D eigenvalue weighted by Crippen LogP contribution is 2.08. The summed E-state index contributed by atoms with van der Waals surface area (Å²) in [5, 5.41) is 7.25. The van der Waals surface area contributed by atoms with Crippen molar-refractivity contribution >= 4 is 21.7 Å². The Kier molecular flexibility index (Phi) is 4.59. The van der Waals surface area contributed by atoms with E-state index in [1.807, 2.05) is 0 Å². The third-order valence-electron chi connectivity index (χ3n) is 2.04. The summed E-state index contributed by atoms with van der Waals surface area (Å²) in [6.45, 7) is 1.66. The lowest BCUT2D eigenvalue weighted by Crippen LogP contribution is -2.31. The molecule has 0 fully saturated rings. The molecule has 18 heavy (non-hydrogen) atoms. The number of carbonyl (C=O) groups excluding carboxylic acids is 1. The van der Waals surface area contributed by atoms with Gasteiger partial charge < -0.3 is 10.7 Å². The summed E-state index contributed by atoms with van der Waals surface area (Å²) in [7, 11) is -3.58. The van der Waals surface area contributed by atoms with Crippen LogP contribution in [0.1, 0.15) is 16.1 Å². The van der Waals surface area contributed by atoms with Gasteiger partial charge in [0.15, 0.2) is 0 Å². The van der Waals surface area contributed by atoms with Crippen LogP contribution in [-0.4, -0.2) is 31.6 Å². The minimum atomic E-state index is -3.58. The Morgan fingerprint density at radius 1 is 1.44 bits per heavy atom. The minimum Gasteiger partial charge on any atom is -0.351 e. The molecule has 1 aromatic rings. The summed E-state index contributed by atoms with van der Waals surface area (Å²) in [5.74, 6) is 4.83. The Labute approximate surface area is 105 Å². The molecule has 100 valence electrons. The number of pyridine rings is 1. The number of sulfonamides is 1. The molecule has 1 amide bonds. The molecule has 0 radical (unpaired) electrons. The Bertz CT molecular complexity index is 543. The molecule has 0 saturated heterocycles. The molecular formula is C9H15N5O3S. The van der Waals surface area contributed by atoms with Crippen LogP contribution in [-0.2, 0) is 10.0 Å². The van der Waals surface area contributed by atoms with Crippen LogP contribution in [0.4, 0.5) is 5.82 Å². The van der Waals surface area contributed by atoms with Crippen molar-refractivity contribution in [3.8, 4) is 0 Å². The van der Waals surface area contributed by atoms with Gasteiger partial charge in [-0.2, -0.15) is 0 Å². The summed E-state index contributed by atoms with van der Waals surface area (Å²) in [6, 6.07) is 3.02. The van der Waals surface area contributed by atoms with Crippen molar-refractivity contribution in [3.63, 3.8) is 0 Å². The van der Waals surface area contributed by atoms with Crippen molar-refractivity contribution in [1.82, 2.24) is 10.3 Å². The van der Waals surface area contributed by atoms with Gasteiger partial charge in [0.05, 0.1) is 5.75 Å². The zero-order valence-electron chi connectivity index (χ0n) is 9.80. The van der Waals surface area contributed by atoms with Gasteiger partial charge in [-0.3, -0.25) is 4.79 Å². The van der Waals surface area contributed by atoms with Crippen molar-refractivity contribution in [1.29, 1.82) is 0 Å². The van der Waals surface area contributed by atoms with Crippen LogP contribution in [0.5, 0.6) is 0 Å². The molecule has 1 rings (SSSR count). The second-order valence-corrected chi connectivity index (χ2v) is 5.38. The molecule has 1 heterocycles. The minimum absolute atomic E-state index is 0.0512. The van der Waals surface area contributed by atoms with Gasteiger partial charge in [-0.1, -0.05) is 0 Å². The molecule has 0 aliphatic heterocycles. The first-order valence-electron chi connectivity index (χ1n) is 5.06. The predicted molar refractivity (Wildman–Crippen MR) is 67.1 cm³/mol. The number of primary sulfonamides is 1. The number of aromatic nitrogens is 1. The second kappa shape index (κ2) is 5.76. The van der Waals surface area contributed by atoms with Gasteiger partial charge in [0, 0.05) is 17.8 Å². The molecule has 0 unspecified atom stereocenters. The average Bonchev–Trinajstić information content (AvgIpc) is 2.26. The predicted octanol–water partition coefficient (Wildman–Crippen LogP) is -1.31. The molecule has 1 aromatic heterocycles. The number of nitrogen functional groups attached to an aromatic ring is 1. The highest BCUT2D eigenvalue weighted by atomic mass is 32.2. The van der Waals surface area contributed by atoms with E-state index in [1.54, 1.807) is 13.0 Å². The van der Waals surface area contributed by atoms with Gasteiger partial charge in [0.2, 0.25) is 10.0 Å². The van der Waals surface area contributed by atoms with Crippen molar-refractivity contribution in [2.45, 2.75) is 6.92 Å². The van der Waals surface area contributed by atoms with E-state index in [-0.39, 0.29) is 12.3 Å². The third kappa shape index (κ3) is 4.65. The van der Waals surface area contributed by atoms with Crippen molar-refractivity contribution in [3.05, 3.63) is 23.4 Å². The Balaban J connectivity index is 2.69. The van der Waals surface area contributed by atoms with E-state index in [9.17, 15) is 13.2 Å². The lowest BCUT2D eigenvalue weighted by atomic mass is 10.2. The average molecular weight is 273 g/mol. The number of anilines is 1. The van der Waals surface area contributed by atoms with E-state index in [4.69, 9.17) is 11.0 Å². The molecule has 0 aliphatic rings. The molecule has 0 aromatic carbocycles. The zero-order valence-corrected chi connectivity index (χ0v) is 10.6. The van der Waals surface area contributed by atoms with E-state index in [0.717, 1.165) is 0 Å². The van der Waals surface area contributed by atoms with Crippen LogP contribution in [0.3, 0.4) is 0 Å². The Morgan fingerprint density at radius 3 is 2.67 bits per heavy atom. The number of carbonyl (C=O) groups is 1. The summed E-state index contributed by atoms with van der Waals surface area (Å²) in [6.07, 6.45) is 0. The number of hydrogen-bond donors (Lipinski definition) is 4. The number of amides is 1. The summed E-state index contributed by atoms with van der Waals surface area (Å²) < 4.78 is 21.4. The maximum atomic E-state index is 11.7. The van der Waals surface area contributed by atoms with Gasteiger partial charge in [-0.25, -0.2) is 24.4 Å². The number of hydrazine groups is 1. The van der Waals surface area contributed by atoms with Gasteiger partial charge in [-0.15, -0.1) is 0 Å². The van der Waals surface area contributed by atoms with Gasteiger partial charge in [0.1, 0.15) is 5.82 Å². The topological polar surface area (TPSA) is 140 Å². The largest absolute Gasteiger partial charge is 0.351 e. The van der Waals surface area contributed by atoms with Crippen LogP contribution >= 0.6 is 0 Å². The Morgan fingerprint density at radius 2 is 2.11 bits per heavy atom. The lowest BCUT2D eigenvalue weighted by molar-refractivity contribution is 0.0956. The van der Waals surface area contributed by atoms with Crippen LogP contribution < -0.4 is 21.7 Å². The van der Waals surface area contributed by atoms with Crippen molar-refractivity contribution in [2.75, 3.05) is 17.7 Å². The normalized spacial score (nSPS) is 11.1. The fourth-order valence-electron chi connectivity index (χ4n) is 1.28. The lowest BCUT2D eigenvalue weighted by Gasteiger charge is -2.07. The number of nitrogens with zero attached hydrogens (tertiary/aromatic N) is 1. The first-order chi connectivity index (χ1) is 8.31. The smallest absolute Gasteiger partial charge is 0.251 e. The molecule has 6 N–H and O–H groups in total. The van der Waals surface area contributed by atoms with E-state index < -0.39 is 15.9 Å². The van der Waals surface area contributed by atoms with E-state index in [1.165, 1.54) is 6.07 Å². The zero-order chi connectivity index (χ0) is 13.8. The first kappa shape index (κ1) is 14.4. The van der Waals surface area contributed by atoms with Crippen LogP contribution in [0.2, 0.25) is 0 Å². The maximum absolute atomic E-state index is 11.7. The van der Waals surface area contributed by atoms with E-state index in [0.29, 0.717) is 17.1 Å². The molecule has 0 atom stereocenters. The number of hydrogen-bond acceptors (Lipinski definition) is 6. The van der Waals surface area contributed by atoms with Crippen LogP contribution in [0.25, 0.3) is 0 Å². The van der Waals surface area contributed by atoms with Gasteiger partial charge in [0.25, 0.3) is 5.91 Å². The first-order valence-corrected chi connectivity index (χ1v) is 6.77. The second-order valence-electron chi connectivity index (χ2n) is 3.65. The van der Waals surface area contributed by atoms with E-state index >= 15 is 0 Å². The van der Waals surface area contributed by atoms with E-state index in [2.05, 4.69) is 15.7 Å². The van der Waals surface area contributed by atoms with Crippen LogP contribution in [0.15, 0.2) is 12.1 Å². The van der Waals surface area contributed by atoms with Gasteiger partial charge in [-0.05, 0) is 19.1 Å². The summed E-state index contributed by atoms with van der Waals surface area (Å²) >= 11 is 0. The fourth-order valence-corrected chi connectivity index (χ4v) is 1.67. The monoisotopic (exact) mass is 273 g/mol. The molecule has 0 spiro atoms. The summed E-state index contributed by atoms with van der Waals surface area (Å²) in [4.78, 5) is 15.7. The maximum Gasteiger partial charge on any atom is 0.251 e. The van der Waals surface area contributed by atoms with Gasteiger partial charge >= 0.3 is 0 Å². The fraction of sp³-hybridized carbons (Fsp3) is 0.333. The standard InChI is InChI=1S/C9H15N5O3S/c1-6-4-7(5-8(13-6)14-10)9(15)12-2-3-18(11,16)17/h4-5H,2-3,10H2,1H3,(H,12,15)(H,13,14)(H2,11,16,17). The summed E-state index contributed by atoms with van der Waals surface area (Å²) in [5.41, 5.74) is 3.29. The number of aryl methyl sites for hydroxylation is 1. The molecule has 0 saturated carbocycles. The molecule has 8 nitrogen and oxygen atoms in total. The van der Waals surface area contributed by atoms with Crippen molar-refractivity contribution in [2.24, 2.45) is 11.0 Å². The molecule has 9 heteroatoms.